The van der Waals surface area contributed by atoms with Crippen LogP contribution in [0.25, 0.3) is 0 Å². The maximum Gasteiger partial charge on any atom is 0.338 e. The van der Waals surface area contributed by atoms with Crippen LogP contribution in [0.2, 0.25) is 0 Å². The van der Waals surface area contributed by atoms with Crippen molar-refractivity contribution in [3.05, 3.63) is 35.9 Å². The number of nitrogens with one attached hydrogen (secondary N) is 1. The number of nitrogens with zero attached hydrogens (tertiary/aromatic N) is 2. The number of hydrogen-bond acceptors (Lipinski definition) is 2. The topological polar surface area (TPSA) is 44.7 Å². The minimum Gasteiger partial charge on any atom is -0.330 e. The van der Waals surface area contributed by atoms with Gasteiger partial charge in [0.2, 0.25) is 0 Å². The van der Waals surface area contributed by atoms with Crippen molar-refractivity contribution in [2.45, 2.75) is 84.1 Å². The number of hydrazone groups is 1. The Labute approximate surface area is 176 Å². The van der Waals surface area contributed by atoms with Crippen molar-refractivity contribution in [3.63, 3.8) is 0 Å². The fraction of sp³-hybridized carbons (Fsp3) is 0.680. The van der Waals surface area contributed by atoms with Crippen LogP contribution in [0.15, 0.2) is 35.4 Å². The summed E-state index contributed by atoms with van der Waals surface area (Å²) in [7, 11) is 0. The summed E-state index contributed by atoms with van der Waals surface area (Å²) in [4.78, 5) is 13.4. The highest BCUT2D eigenvalue weighted by molar-refractivity contribution is 5.94. The Morgan fingerprint density at radius 2 is 2.00 bits per heavy atom. The molecule has 1 aliphatic heterocycles. The monoisotopic (exact) mass is 395 g/mol. The van der Waals surface area contributed by atoms with E-state index in [2.05, 4.69) is 63.3 Å². The van der Waals surface area contributed by atoms with Gasteiger partial charge in [0.1, 0.15) is 0 Å². The van der Waals surface area contributed by atoms with Crippen molar-refractivity contribution in [1.29, 1.82) is 0 Å². The fourth-order valence-corrected chi connectivity index (χ4v) is 6.41. The molecule has 0 saturated heterocycles. The lowest BCUT2D eigenvalue weighted by Gasteiger charge is -2.42. The second-order valence-electron chi connectivity index (χ2n) is 10.1. The van der Waals surface area contributed by atoms with E-state index in [4.69, 9.17) is 5.10 Å². The molecule has 2 amide bonds. The van der Waals surface area contributed by atoms with E-state index in [1.807, 2.05) is 0 Å². The van der Waals surface area contributed by atoms with Gasteiger partial charge in [0.05, 0.1) is 6.54 Å². The zero-order valence-corrected chi connectivity index (χ0v) is 18.6. The summed E-state index contributed by atoms with van der Waals surface area (Å²) < 4.78 is 0. The third kappa shape index (κ3) is 3.39. The second-order valence-corrected chi connectivity index (χ2v) is 10.1. The molecular weight excluding hydrogens is 358 g/mol. The molecule has 0 spiro atoms. The molecule has 1 aromatic carbocycles. The number of rotatable bonds is 6. The molecule has 0 radical (unpaired) electrons. The number of fused-ring (bicyclic) bond motifs is 2. The molecule has 4 atom stereocenters. The van der Waals surface area contributed by atoms with Crippen LogP contribution in [0.5, 0.6) is 0 Å². The van der Waals surface area contributed by atoms with Crippen LogP contribution >= 0.6 is 0 Å². The van der Waals surface area contributed by atoms with Gasteiger partial charge < -0.3 is 5.32 Å². The normalized spacial score (nSPS) is 32.5. The lowest BCUT2D eigenvalue weighted by atomic mass is 9.73. The largest absolute Gasteiger partial charge is 0.338 e. The quantitative estimate of drug-likeness (QED) is 0.595. The van der Waals surface area contributed by atoms with Crippen LogP contribution in [-0.2, 0) is 0 Å². The van der Waals surface area contributed by atoms with E-state index in [0.717, 1.165) is 25.2 Å². The molecule has 2 saturated carbocycles. The van der Waals surface area contributed by atoms with Crippen molar-refractivity contribution in [2.24, 2.45) is 22.4 Å². The molecule has 3 aliphatic rings. The molecule has 1 heterocycles. The predicted octanol–water partition coefficient (Wildman–Crippen LogP) is 5.95. The van der Waals surface area contributed by atoms with Gasteiger partial charge in [-0.05, 0) is 54.9 Å². The predicted molar refractivity (Wildman–Crippen MR) is 119 cm³/mol. The molecule has 4 heteroatoms. The second kappa shape index (κ2) is 7.77. The smallest absolute Gasteiger partial charge is 0.330 e. The van der Waals surface area contributed by atoms with Gasteiger partial charge in [-0.3, -0.25) is 0 Å². The molecule has 2 aliphatic carbocycles. The van der Waals surface area contributed by atoms with Gasteiger partial charge in [0.25, 0.3) is 0 Å². The standard InChI is InChI=1S/C25H37N3O/c1-5-6-8-13-22-21(19-11-9-7-10-12-19)17-28(27-22)23(29)26-25-15-14-20(16-18(25)2)24(25,3)4/h7,9-12,18,20-21H,5-6,8,13-17H2,1-4H3,(H,26,29)/t18-,20-,21?,25-/m0/s1. The number of carbonyl (C=O) groups excluding carboxylic acids is 1. The molecule has 2 fully saturated rings. The molecular formula is C25H37N3O. The van der Waals surface area contributed by atoms with Gasteiger partial charge in [-0.1, -0.05) is 70.9 Å². The summed E-state index contributed by atoms with van der Waals surface area (Å²) in [6.45, 7) is 9.90. The maximum atomic E-state index is 13.4. The third-order valence-corrected chi connectivity index (χ3v) is 8.35. The molecule has 2 bridgehead atoms. The van der Waals surface area contributed by atoms with Crippen LogP contribution in [0.3, 0.4) is 0 Å². The zero-order chi connectivity index (χ0) is 20.6. The first-order chi connectivity index (χ1) is 13.9. The lowest BCUT2D eigenvalue weighted by molar-refractivity contribution is 0.126. The van der Waals surface area contributed by atoms with Crippen LogP contribution in [0.1, 0.15) is 84.1 Å². The minimum absolute atomic E-state index is 0.00102. The summed E-state index contributed by atoms with van der Waals surface area (Å²) in [5.41, 5.74) is 2.51. The molecule has 1 aromatic rings. The fourth-order valence-electron chi connectivity index (χ4n) is 6.41. The average Bonchev–Trinajstić information content (AvgIpc) is 3.29. The van der Waals surface area contributed by atoms with Gasteiger partial charge in [-0.25, -0.2) is 9.80 Å². The number of unbranched alkanes of at least 4 members (excludes halogenated alkanes) is 2. The number of carbonyl (C=O) groups is 1. The molecule has 1 unspecified atom stereocenters. The lowest BCUT2D eigenvalue weighted by Crippen LogP contribution is -2.59. The van der Waals surface area contributed by atoms with Gasteiger partial charge in [0, 0.05) is 17.2 Å². The summed E-state index contributed by atoms with van der Waals surface area (Å²) in [6, 6.07) is 10.6. The van der Waals surface area contributed by atoms with E-state index in [-0.39, 0.29) is 22.9 Å². The van der Waals surface area contributed by atoms with E-state index < -0.39 is 0 Å². The SMILES string of the molecule is CCCCCC1=NN(C(=O)N[C@@]23CC[C@@H](C[C@@H]2C)C3(C)C)CC1c1ccccc1. The molecule has 29 heavy (non-hydrogen) atoms. The summed E-state index contributed by atoms with van der Waals surface area (Å²) in [6.07, 6.45) is 8.09. The van der Waals surface area contributed by atoms with E-state index >= 15 is 0 Å². The molecule has 4 rings (SSSR count). The minimum atomic E-state index is -0.0858. The van der Waals surface area contributed by atoms with Gasteiger partial charge in [-0.2, -0.15) is 5.10 Å². The number of amides is 2. The average molecular weight is 396 g/mol. The third-order valence-electron chi connectivity index (χ3n) is 8.35. The number of benzene rings is 1. The zero-order valence-electron chi connectivity index (χ0n) is 18.6. The Bertz CT molecular complexity index is 772. The van der Waals surface area contributed by atoms with E-state index in [0.29, 0.717) is 12.5 Å². The Hall–Kier alpha value is -1.84. The van der Waals surface area contributed by atoms with Crippen molar-refractivity contribution in [2.75, 3.05) is 6.54 Å². The van der Waals surface area contributed by atoms with Crippen LogP contribution in [0, 0.1) is 17.3 Å². The Morgan fingerprint density at radius 3 is 2.62 bits per heavy atom. The Morgan fingerprint density at radius 1 is 1.24 bits per heavy atom. The molecule has 0 aromatic heterocycles. The summed E-state index contributed by atoms with van der Waals surface area (Å²) in [5, 5.41) is 10.1. The van der Waals surface area contributed by atoms with E-state index in [9.17, 15) is 4.79 Å². The van der Waals surface area contributed by atoms with Crippen molar-refractivity contribution in [3.8, 4) is 0 Å². The summed E-state index contributed by atoms with van der Waals surface area (Å²) in [5.74, 6) is 1.48. The molecule has 4 nitrogen and oxygen atoms in total. The maximum absolute atomic E-state index is 13.4. The Kier molecular flexibility index (Phi) is 5.48. The number of urea groups is 1. The van der Waals surface area contributed by atoms with E-state index in [1.165, 1.54) is 37.0 Å². The van der Waals surface area contributed by atoms with Crippen LogP contribution in [0.4, 0.5) is 4.79 Å². The molecule has 158 valence electrons. The first kappa shape index (κ1) is 20.4. The van der Waals surface area contributed by atoms with Crippen molar-refractivity contribution in [1.82, 2.24) is 10.3 Å². The van der Waals surface area contributed by atoms with Crippen LogP contribution in [-0.4, -0.2) is 28.8 Å². The molecule has 1 N–H and O–H groups in total. The first-order valence-corrected chi connectivity index (χ1v) is 11.6. The van der Waals surface area contributed by atoms with E-state index in [1.54, 1.807) is 5.01 Å². The van der Waals surface area contributed by atoms with Gasteiger partial charge in [0.15, 0.2) is 0 Å². The van der Waals surface area contributed by atoms with Crippen LogP contribution < -0.4 is 5.32 Å². The van der Waals surface area contributed by atoms with Gasteiger partial charge >= 0.3 is 6.03 Å². The number of hydrogen-bond donors (Lipinski definition) is 1. The summed E-state index contributed by atoms with van der Waals surface area (Å²) >= 11 is 0. The highest BCUT2D eigenvalue weighted by Crippen LogP contribution is 2.62. The van der Waals surface area contributed by atoms with Gasteiger partial charge in [-0.15, -0.1) is 0 Å². The highest BCUT2D eigenvalue weighted by atomic mass is 16.2. The van der Waals surface area contributed by atoms with Crippen molar-refractivity contribution < 1.29 is 4.79 Å². The Balaban J connectivity index is 1.52. The first-order valence-electron chi connectivity index (χ1n) is 11.6. The highest BCUT2D eigenvalue weighted by Gasteiger charge is 2.63. The van der Waals surface area contributed by atoms with Crippen molar-refractivity contribution >= 4 is 11.7 Å².